The number of aryl methyl sites for hydroxylation is 1. The molecule has 144 valence electrons. The molecule has 0 atom stereocenters. The van der Waals surface area contributed by atoms with Crippen LogP contribution in [0.3, 0.4) is 0 Å². The third-order valence-electron chi connectivity index (χ3n) is 4.10. The van der Waals surface area contributed by atoms with Crippen molar-refractivity contribution in [2.45, 2.75) is 29.8 Å². The van der Waals surface area contributed by atoms with Gasteiger partial charge in [-0.1, -0.05) is 26.0 Å². The van der Waals surface area contributed by atoms with Gasteiger partial charge in [0.2, 0.25) is 0 Å². The molecule has 3 aromatic rings. The van der Waals surface area contributed by atoms with Gasteiger partial charge in [0.25, 0.3) is 11.6 Å². The van der Waals surface area contributed by atoms with E-state index in [9.17, 15) is 14.9 Å². The number of nitrogens with zero attached hydrogens (tertiary/aromatic N) is 4. The van der Waals surface area contributed by atoms with Crippen LogP contribution in [0.1, 0.15) is 35.7 Å². The first kappa shape index (κ1) is 19.6. The summed E-state index contributed by atoms with van der Waals surface area (Å²) in [5.41, 5.74) is 1.80. The number of carbonyl (C=O) groups is 1. The van der Waals surface area contributed by atoms with Gasteiger partial charge < -0.3 is 9.88 Å². The minimum absolute atomic E-state index is 0.156. The van der Waals surface area contributed by atoms with Crippen molar-refractivity contribution in [3.05, 3.63) is 70.0 Å². The molecule has 0 spiro atoms. The zero-order valence-corrected chi connectivity index (χ0v) is 16.4. The van der Waals surface area contributed by atoms with Crippen LogP contribution in [0.5, 0.6) is 0 Å². The lowest BCUT2D eigenvalue weighted by Gasteiger charge is -2.10. The summed E-state index contributed by atoms with van der Waals surface area (Å²) in [6.45, 7) is 4.13. The molecule has 0 fully saturated rings. The summed E-state index contributed by atoms with van der Waals surface area (Å²) in [6.07, 6.45) is 1.52. The minimum Gasteiger partial charge on any atom is -0.322 e. The number of amides is 1. The molecule has 2 aromatic carbocycles. The lowest BCUT2D eigenvalue weighted by molar-refractivity contribution is -0.387. The van der Waals surface area contributed by atoms with Gasteiger partial charge in [-0.05, 0) is 47.5 Å². The van der Waals surface area contributed by atoms with Gasteiger partial charge in [0.05, 0.1) is 9.82 Å². The summed E-state index contributed by atoms with van der Waals surface area (Å²) >= 11 is 1.12. The van der Waals surface area contributed by atoms with Crippen LogP contribution in [-0.2, 0) is 7.05 Å². The van der Waals surface area contributed by atoms with Crippen molar-refractivity contribution in [2.24, 2.45) is 7.05 Å². The molecule has 0 unspecified atom stereocenters. The first-order valence-electron chi connectivity index (χ1n) is 8.56. The van der Waals surface area contributed by atoms with Gasteiger partial charge in [-0.15, -0.1) is 10.2 Å². The van der Waals surface area contributed by atoms with E-state index in [2.05, 4.69) is 29.4 Å². The molecule has 0 aliphatic carbocycles. The third kappa shape index (κ3) is 4.37. The third-order valence-corrected chi connectivity index (χ3v) is 5.22. The Bertz CT molecular complexity index is 1030. The molecule has 0 bridgehead atoms. The number of anilines is 1. The minimum atomic E-state index is -0.505. The van der Waals surface area contributed by atoms with Crippen LogP contribution in [0.2, 0.25) is 0 Å². The molecule has 1 N–H and O–H groups in total. The summed E-state index contributed by atoms with van der Waals surface area (Å²) < 4.78 is 1.66. The largest absolute Gasteiger partial charge is 0.322 e. The van der Waals surface area contributed by atoms with Gasteiger partial charge in [-0.3, -0.25) is 14.9 Å². The Balaban J connectivity index is 1.85. The summed E-state index contributed by atoms with van der Waals surface area (Å²) in [4.78, 5) is 24.0. The first-order valence-corrected chi connectivity index (χ1v) is 9.38. The molecule has 9 heteroatoms. The molecule has 1 amide bonds. The van der Waals surface area contributed by atoms with Crippen molar-refractivity contribution < 1.29 is 9.72 Å². The van der Waals surface area contributed by atoms with E-state index in [1.165, 1.54) is 12.4 Å². The second-order valence-electron chi connectivity index (χ2n) is 6.50. The van der Waals surface area contributed by atoms with Crippen molar-refractivity contribution in [3.8, 4) is 0 Å². The average molecular weight is 397 g/mol. The number of hydrogen-bond acceptors (Lipinski definition) is 6. The van der Waals surface area contributed by atoms with Gasteiger partial charge in [-0.2, -0.15) is 0 Å². The van der Waals surface area contributed by atoms with Crippen LogP contribution < -0.4 is 5.32 Å². The first-order chi connectivity index (χ1) is 13.3. The zero-order chi connectivity index (χ0) is 20.3. The smallest absolute Gasteiger partial charge is 0.284 e. The fraction of sp³-hybridized carbons (Fsp3) is 0.211. The van der Waals surface area contributed by atoms with E-state index in [1.807, 2.05) is 18.2 Å². The number of hydrogen-bond donors (Lipinski definition) is 1. The standard InChI is InChI=1S/C19H19N5O3S/c1-12(2)13-5-4-6-15(9-13)21-18(25)14-7-8-17(16(10-14)24(26)27)28-19-22-20-11-23(19)3/h4-12H,1-3H3,(H,21,25). The SMILES string of the molecule is CC(C)c1cccc(NC(=O)c2ccc(Sc3nncn3C)c([N+](=O)[O-])c2)c1. The number of carbonyl (C=O) groups excluding carboxylic acids is 1. The van der Waals surface area contributed by atoms with E-state index < -0.39 is 10.8 Å². The molecule has 28 heavy (non-hydrogen) atoms. The Morgan fingerprint density at radius 2 is 2.04 bits per heavy atom. The quantitative estimate of drug-likeness (QED) is 0.493. The zero-order valence-electron chi connectivity index (χ0n) is 15.6. The van der Waals surface area contributed by atoms with E-state index in [0.29, 0.717) is 21.7 Å². The highest BCUT2D eigenvalue weighted by atomic mass is 32.2. The normalized spacial score (nSPS) is 10.9. The highest BCUT2D eigenvalue weighted by Gasteiger charge is 2.20. The number of rotatable bonds is 6. The lowest BCUT2D eigenvalue weighted by atomic mass is 10.0. The maximum atomic E-state index is 12.6. The molecule has 3 rings (SSSR count). The second-order valence-corrected chi connectivity index (χ2v) is 7.51. The van der Waals surface area contributed by atoms with Crippen molar-refractivity contribution in [1.29, 1.82) is 0 Å². The topological polar surface area (TPSA) is 103 Å². The van der Waals surface area contributed by atoms with Crippen LogP contribution in [0.4, 0.5) is 11.4 Å². The Labute approximate surface area is 166 Å². The Morgan fingerprint density at radius 1 is 1.25 bits per heavy atom. The number of nitro benzene ring substituents is 1. The van der Waals surface area contributed by atoms with Crippen molar-refractivity contribution in [2.75, 3.05) is 5.32 Å². The Hall–Kier alpha value is -3.20. The number of nitrogens with one attached hydrogen (secondary N) is 1. The van der Waals surface area contributed by atoms with Crippen LogP contribution in [-0.4, -0.2) is 25.6 Å². The summed E-state index contributed by atoms with van der Waals surface area (Å²) in [5, 5.41) is 22.5. The molecule has 0 radical (unpaired) electrons. The van der Waals surface area contributed by atoms with Gasteiger partial charge in [0.1, 0.15) is 6.33 Å². The van der Waals surface area contributed by atoms with Crippen molar-refractivity contribution in [1.82, 2.24) is 14.8 Å². The van der Waals surface area contributed by atoms with E-state index in [-0.39, 0.29) is 11.3 Å². The predicted octanol–water partition coefficient (Wildman–Crippen LogP) is 4.25. The fourth-order valence-electron chi connectivity index (χ4n) is 2.53. The average Bonchev–Trinajstić information content (AvgIpc) is 3.06. The fourth-order valence-corrected chi connectivity index (χ4v) is 3.38. The second kappa shape index (κ2) is 8.22. The molecule has 1 heterocycles. The maximum absolute atomic E-state index is 12.6. The summed E-state index contributed by atoms with van der Waals surface area (Å²) in [6, 6.07) is 11.9. The highest BCUT2D eigenvalue weighted by Crippen LogP contribution is 2.34. The molecular formula is C19H19N5O3S. The monoisotopic (exact) mass is 397 g/mol. The number of nitro groups is 1. The van der Waals surface area contributed by atoms with E-state index in [1.54, 1.807) is 29.8 Å². The van der Waals surface area contributed by atoms with Crippen molar-refractivity contribution >= 4 is 29.0 Å². The van der Waals surface area contributed by atoms with E-state index in [4.69, 9.17) is 0 Å². The van der Waals surface area contributed by atoms with Gasteiger partial charge in [0, 0.05) is 24.4 Å². The molecular weight excluding hydrogens is 378 g/mol. The molecule has 0 aliphatic rings. The molecule has 0 saturated heterocycles. The Kier molecular flexibility index (Phi) is 5.74. The molecule has 8 nitrogen and oxygen atoms in total. The molecule has 1 aromatic heterocycles. The summed E-state index contributed by atoms with van der Waals surface area (Å²) in [7, 11) is 1.75. The van der Waals surface area contributed by atoms with Gasteiger partial charge >= 0.3 is 0 Å². The van der Waals surface area contributed by atoms with E-state index in [0.717, 1.165) is 17.3 Å². The molecule has 0 saturated carbocycles. The van der Waals surface area contributed by atoms with Crippen LogP contribution >= 0.6 is 11.8 Å². The van der Waals surface area contributed by atoms with Gasteiger partial charge in [-0.25, -0.2) is 0 Å². The van der Waals surface area contributed by atoms with Crippen LogP contribution in [0.25, 0.3) is 0 Å². The molecule has 0 aliphatic heterocycles. The maximum Gasteiger partial charge on any atom is 0.284 e. The summed E-state index contributed by atoms with van der Waals surface area (Å²) in [5.74, 6) is -0.0749. The van der Waals surface area contributed by atoms with E-state index >= 15 is 0 Å². The van der Waals surface area contributed by atoms with Gasteiger partial charge in [0.15, 0.2) is 5.16 Å². The lowest BCUT2D eigenvalue weighted by Crippen LogP contribution is -2.12. The Morgan fingerprint density at radius 3 is 2.68 bits per heavy atom. The number of aromatic nitrogens is 3. The van der Waals surface area contributed by atoms with Crippen LogP contribution in [0, 0.1) is 10.1 Å². The van der Waals surface area contributed by atoms with Crippen LogP contribution in [0.15, 0.2) is 58.8 Å². The highest BCUT2D eigenvalue weighted by molar-refractivity contribution is 7.99. The number of benzene rings is 2. The predicted molar refractivity (Wildman–Crippen MR) is 107 cm³/mol. The van der Waals surface area contributed by atoms with Crippen molar-refractivity contribution in [3.63, 3.8) is 0 Å².